The van der Waals surface area contributed by atoms with Crippen molar-refractivity contribution in [3.8, 4) is 0 Å². The zero-order valence-corrected chi connectivity index (χ0v) is 6.79. The van der Waals surface area contributed by atoms with Gasteiger partial charge in [0.2, 0.25) is 5.91 Å². The maximum atomic E-state index is 10.6. The summed E-state index contributed by atoms with van der Waals surface area (Å²) in [5.41, 5.74) is 0. The van der Waals surface area contributed by atoms with E-state index in [2.05, 4.69) is 0 Å². The van der Waals surface area contributed by atoms with Crippen LogP contribution in [0.15, 0.2) is 0 Å². The smallest absolute Gasteiger partial charge is 0.219 e. The fourth-order valence-electron chi connectivity index (χ4n) is 0.654. The molecule has 0 radical (unpaired) electrons. The van der Waals surface area contributed by atoms with Crippen molar-refractivity contribution in [1.29, 1.82) is 0 Å². The molecule has 3 nitrogen and oxygen atoms in total. The van der Waals surface area contributed by atoms with Gasteiger partial charge in [0.15, 0.2) is 0 Å². The highest BCUT2D eigenvalue weighted by molar-refractivity contribution is 5.72. The van der Waals surface area contributed by atoms with Gasteiger partial charge in [0.25, 0.3) is 0 Å². The first-order valence-corrected chi connectivity index (χ1v) is 3.40. The van der Waals surface area contributed by atoms with Crippen LogP contribution in [-0.4, -0.2) is 36.1 Å². The molecule has 1 unspecified atom stereocenters. The Morgan fingerprint density at radius 2 is 2.20 bits per heavy atom. The molecule has 0 aromatic heterocycles. The Labute approximate surface area is 61.6 Å². The quantitative estimate of drug-likeness (QED) is 0.611. The molecule has 0 saturated carbocycles. The molecule has 0 bridgehead atoms. The number of carbonyl (C=O) groups excluding carboxylic acids is 1. The van der Waals surface area contributed by atoms with E-state index in [0.29, 0.717) is 6.54 Å². The van der Waals surface area contributed by atoms with Crippen LogP contribution in [0.25, 0.3) is 0 Å². The summed E-state index contributed by atoms with van der Waals surface area (Å²) < 4.78 is 0. The van der Waals surface area contributed by atoms with Crippen LogP contribution < -0.4 is 0 Å². The van der Waals surface area contributed by atoms with E-state index in [1.54, 1.807) is 11.9 Å². The summed E-state index contributed by atoms with van der Waals surface area (Å²) >= 11 is 0. The molecule has 0 aliphatic carbocycles. The Morgan fingerprint density at radius 1 is 1.70 bits per heavy atom. The SMILES string of the molecule is CC(=O)N(C)CC(C)CO. The van der Waals surface area contributed by atoms with Crippen LogP contribution in [0.3, 0.4) is 0 Å². The second-order valence-corrected chi connectivity index (χ2v) is 2.69. The molecule has 60 valence electrons. The molecular weight excluding hydrogens is 130 g/mol. The van der Waals surface area contributed by atoms with Gasteiger partial charge in [0.1, 0.15) is 0 Å². The third-order valence-corrected chi connectivity index (χ3v) is 1.43. The lowest BCUT2D eigenvalue weighted by molar-refractivity contribution is -0.128. The second-order valence-electron chi connectivity index (χ2n) is 2.69. The van der Waals surface area contributed by atoms with Crippen LogP contribution in [0.4, 0.5) is 0 Å². The van der Waals surface area contributed by atoms with Gasteiger partial charge in [-0.05, 0) is 5.92 Å². The molecule has 0 aliphatic rings. The van der Waals surface area contributed by atoms with Crippen molar-refractivity contribution < 1.29 is 9.90 Å². The Hall–Kier alpha value is -0.570. The number of hydrogen-bond acceptors (Lipinski definition) is 2. The lowest BCUT2D eigenvalue weighted by atomic mass is 10.2. The number of aliphatic hydroxyl groups is 1. The Balaban J connectivity index is 3.56. The number of rotatable bonds is 3. The van der Waals surface area contributed by atoms with E-state index in [4.69, 9.17) is 5.11 Å². The van der Waals surface area contributed by atoms with Crippen molar-refractivity contribution in [2.45, 2.75) is 13.8 Å². The minimum absolute atomic E-state index is 0.0419. The van der Waals surface area contributed by atoms with Crippen molar-refractivity contribution in [3.63, 3.8) is 0 Å². The summed E-state index contributed by atoms with van der Waals surface area (Å²) in [7, 11) is 1.73. The maximum Gasteiger partial charge on any atom is 0.219 e. The fourth-order valence-corrected chi connectivity index (χ4v) is 0.654. The Morgan fingerprint density at radius 3 is 2.50 bits per heavy atom. The summed E-state index contributed by atoms with van der Waals surface area (Å²) in [4.78, 5) is 12.2. The first kappa shape index (κ1) is 9.43. The standard InChI is InChI=1S/C7H15NO2/c1-6(5-9)4-8(3)7(2)10/h6,9H,4-5H2,1-3H3. The minimum atomic E-state index is 0.0419. The van der Waals surface area contributed by atoms with Gasteiger partial charge in [-0.2, -0.15) is 0 Å². The first-order chi connectivity index (χ1) is 4.57. The van der Waals surface area contributed by atoms with Gasteiger partial charge < -0.3 is 10.0 Å². The molecular formula is C7H15NO2. The van der Waals surface area contributed by atoms with Crippen molar-refractivity contribution in [3.05, 3.63) is 0 Å². The average molecular weight is 145 g/mol. The van der Waals surface area contributed by atoms with E-state index in [1.807, 2.05) is 6.92 Å². The highest BCUT2D eigenvalue weighted by atomic mass is 16.3. The molecule has 0 rings (SSSR count). The van der Waals surface area contributed by atoms with Gasteiger partial charge in [-0.1, -0.05) is 6.92 Å². The molecule has 0 heterocycles. The molecule has 0 aliphatic heterocycles. The van der Waals surface area contributed by atoms with Gasteiger partial charge in [-0.3, -0.25) is 4.79 Å². The van der Waals surface area contributed by atoms with Crippen LogP contribution in [0.5, 0.6) is 0 Å². The molecule has 0 fully saturated rings. The zero-order chi connectivity index (χ0) is 8.15. The normalized spacial score (nSPS) is 12.8. The maximum absolute atomic E-state index is 10.6. The van der Waals surface area contributed by atoms with E-state index in [1.165, 1.54) is 6.92 Å². The molecule has 0 spiro atoms. The summed E-state index contributed by atoms with van der Waals surface area (Å²) in [6.07, 6.45) is 0. The van der Waals surface area contributed by atoms with E-state index in [9.17, 15) is 4.79 Å². The van der Waals surface area contributed by atoms with Gasteiger partial charge in [-0.25, -0.2) is 0 Å². The van der Waals surface area contributed by atoms with Crippen LogP contribution in [0.1, 0.15) is 13.8 Å². The molecule has 10 heavy (non-hydrogen) atoms. The largest absolute Gasteiger partial charge is 0.396 e. The number of carbonyl (C=O) groups is 1. The summed E-state index contributed by atoms with van der Waals surface area (Å²) in [6, 6.07) is 0. The zero-order valence-electron chi connectivity index (χ0n) is 6.79. The van der Waals surface area contributed by atoms with Gasteiger partial charge in [0.05, 0.1) is 0 Å². The van der Waals surface area contributed by atoms with E-state index >= 15 is 0 Å². The summed E-state index contributed by atoms with van der Waals surface area (Å²) in [5.74, 6) is 0.217. The molecule has 3 heteroatoms. The minimum Gasteiger partial charge on any atom is -0.396 e. The van der Waals surface area contributed by atoms with E-state index in [-0.39, 0.29) is 18.4 Å². The Kier molecular flexibility index (Phi) is 4.03. The van der Waals surface area contributed by atoms with Gasteiger partial charge >= 0.3 is 0 Å². The molecule has 1 atom stereocenters. The third-order valence-electron chi connectivity index (χ3n) is 1.43. The van der Waals surface area contributed by atoms with Crippen molar-refractivity contribution in [1.82, 2.24) is 4.90 Å². The summed E-state index contributed by atoms with van der Waals surface area (Å²) in [6.45, 7) is 4.19. The predicted octanol–water partition coefficient (Wildman–Crippen LogP) is 0.0931. The summed E-state index contributed by atoms with van der Waals surface area (Å²) in [5, 5.41) is 8.63. The predicted molar refractivity (Wildman–Crippen MR) is 39.6 cm³/mol. The molecule has 0 saturated heterocycles. The topological polar surface area (TPSA) is 40.5 Å². The third kappa shape index (κ3) is 3.45. The highest BCUT2D eigenvalue weighted by Crippen LogP contribution is 1.95. The van der Waals surface area contributed by atoms with Crippen LogP contribution in [0.2, 0.25) is 0 Å². The fraction of sp³-hybridized carbons (Fsp3) is 0.857. The van der Waals surface area contributed by atoms with Gasteiger partial charge in [0, 0.05) is 27.1 Å². The first-order valence-electron chi connectivity index (χ1n) is 3.40. The molecule has 1 N–H and O–H groups in total. The average Bonchev–Trinajstić information content (AvgIpc) is 1.87. The lowest BCUT2D eigenvalue weighted by Gasteiger charge is -2.17. The number of aliphatic hydroxyl groups excluding tert-OH is 1. The van der Waals surface area contributed by atoms with E-state index < -0.39 is 0 Å². The number of hydrogen-bond donors (Lipinski definition) is 1. The monoisotopic (exact) mass is 145 g/mol. The molecule has 0 aromatic carbocycles. The number of amides is 1. The van der Waals surface area contributed by atoms with Crippen molar-refractivity contribution in [2.24, 2.45) is 5.92 Å². The Bertz CT molecular complexity index is 114. The number of nitrogens with zero attached hydrogens (tertiary/aromatic N) is 1. The van der Waals surface area contributed by atoms with Crippen molar-refractivity contribution >= 4 is 5.91 Å². The highest BCUT2D eigenvalue weighted by Gasteiger charge is 2.06. The lowest BCUT2D eigenvalue weighted by Crippen LogP contribution is -2.29. The molecule has 1 amide bonds. The second kappa shape index (κ2) is 4.28. The molecule has 0 aromatic rings. The van der Waals surface area contributed by atoms with Crippen LogP contribution in [-0.2, 0) is 4.79 Å². The van der Waals surface area contributed by atoms with Crippen LogP contribution in [0, 0.1) is 5.92 Å². The van der Waals surface area contributed by atoms with Crippen molar-refractivity contribution in [2.75, 3.05) is 20.2 Å². The van der Waals surface area contributed by atoms with Gasteiger partial charge in [-0.15, -0.1) is 0 Å². The van der Waals surface area contributed by atoms with E-state index in [0.717, 1.165) is 0 Å². The van der Waals surface area contributed by atoms with Crippen LogP contribution >= 0.6 is 0 Å².